The van der Waals surface area contributed by atoms with E-state index in [4.69, 9.17) is 14.7 Å². The minimum absolute atomic E-state index is 0. The summed E-state index contributed by atoms with van der Waals surface area (Å²) < 4.78 is 24.8. The Hall–Kier alpha value is -2.54. The molecule has 2 aromatic carbocycles. The highest BCUT2D eigenvalue weighted by atomic mass is 127. The molecule has 1 aliphatic rings. The molecule has 0 saturated carbocycles. The summed E-state index contributed by atoms with van der Waals surface area (Å²) in [6, 6.07) is 12.3. The summed E-state index contributed by atoms with van der Waals surface area (Å²) in [5.74, 6) is 2.23. The Balaban J connectivity index is 0.00000320. The highest BCUT2D eigenvalue weighted by Gasteiger charge is 2.27. The van der Waals surface area contributed by atoms with Crippen LogP contribution in [0.25, 0.3) is 0 Å². The minimum atomic E-state index is -0.338. The van der Waals surface area contributed by atoms with Crippen LogP contribution in [0.1, 0.15) is 29.0 Å². The Labute approximate surface area is 193 Å². The van der Waals surface area contributed by atoms with Crippen molar-refractivity contribution in [2.24, 2.45) is 4.99 Å². The maximum atomic E-state index is 14.0. The second-order valence-electron chi connectivity index (χ2n) is 6.90. The second kappa shape index (κ2) is 11.0. The zero-order chi connectivity index (χ0) is 20.8. The first-order valence-electron chi connectivity index (χ1n) is 9.45. The lowest BCUT2D eigenvalue weighted by Gasteiger charge is -2.22. The van der Waals surface area contributed by atoms with Crippen LogP contribution < -0.4 is 14.8 Å². The van der Waals surface area contributed by atoms with E-state index in [0.717, 1.165) is 36.6 Å². The molecule has 1 fully saturated rings. The summed E-state index contributed by atoms with van der Waals surface area (Å²) in [5.41, 5.74) is 2.04. The van der Waals surface area contributed by atoms with Gasteiger partial charge in [-0.3, -0.25) is 4.99 Å². The molecule has 0 amide bonds. The maximum Gasteiger partial charge on any atom is 0.193 e. The number of guanidine groups is 1. The molecule has 0 radical (unpaired) electrons. The van der Waals surface area contributed by atoms with E-state index in [1.807, 2.05) is 24.3 Å². The van der Waals surface area contributed by atoms with Crippen LogP contribution in [-0.2, 0) is 6.54 Å². The molecule has 1 N–H and O–H groups in total. The monoisotopic (exact) mass is 524 g/mol. The van der Waals surface area contributed by atoms with Gasteiger partial charge >= 0.3 is 0 Å². The van der Waals surface area contributed by atoms with E-state index < -0.39 is 0 Å². The number of aliphatic imine (C=N–C) groups is 1. The van der Waals surface area contributed by atoms with E-state index in [9.17, 15) is 4.39 Å². The normalized spacial score (nSPS) is 15.9. The average Bonchev–Trinajstić information content (AvgIpc) is 3.25. The number of benzene rings is 2. The van der Waals surface area contributed by atoms with Crippen LogP contribution in [0.5, 0.6) is 11.5 Å². The smallest absolute Gasteiger partial charge is 0.193 e. The zero-order valence-corrected chi connectivity index (χ0v) is 19.6. The third-order valence-electron chi connectivity index (χ3n) is 5.16. The summed E-state index contributed by atoms with van der Waals surface area (Å²) in [6.45, 7) is 1.89. The number of nitriles is 1. The third-order valence-corrected chi connectivity index (χ3v) is 5.16. The zero-order valence-electron chi connectivity index (χ0n) is 17.3. The first kappa shape index (κ1) is 23.7. The Morgan fingerprint density at radius 3 is 2.53 bits per heavy atom. The van der Waals surface area contributed by atoms with Crippen molar-refractivity contribution in [3.8, 4) is 17.6 Å². The van der Waals surface area contributed by atoms with Gasteiger partial charge in [-0.1, -0.05) is 0 Å². The van der Waals surface area contributed by atoms with Gasteiger partial charge < -0.3 is 19.7 Å². The van der Waals surface area contributed by atoms with E-state index >= 15 is 0 Å². The van der Waals surface area contributed by atoms with Crippen molar-refractivity contribution in [1.82, 2.24) is 10.2 Å². The standard InChI is InChI=1S/C22H25FN4O2.HI/c1-25-22(26-13-18-8-15(12-24)4-5-21(18)23)27-7-6-16(14-27)17-9-19(28-2)11-20(10-17)29-3;/h4-5,8-11,16H,6-7,13-14H2,1-3H3,(H,25,26);1H. The molecule has 0 bridgehead atoms. The Kier molecular flexibility index (Phi) is 8.72. The molecule has 2 aromatic rings. The van der Waals surface area contributed by atoms with Crippen molar-refractivity contribution in [3.63, 3.8) is 0 Å². The maximum absolute atomic E-state index is 14.0. The van der Waals surface area contributed by atoms with E-state index in [2.05, 4.69) is 15.2 Å². The van der Waals surface area contributed by atoms with E-state index in [1.165, 1.54) is 12.1 Å². The molecule has 6 nitrogen and oxygen atoms in total. The summed E-state index contributed by atoms with van der Waals surface area (Å²) in [6.07, 6.45) is 0.968. The first-order valence-corrected chi connectivity index (χ1v) is 9.45. The molecule has 0 aromatic heterocycles. The van der Waals surface area contributed by atoms with E-state index in [-0.39, 0.29) is 36.3 Å². The van der Waals surface area contributed by atoms with Crippen LogP contribution in [0.4, 0.5) is 4.39 Å². The van der Waals surface area contributed by atoms with Crippen molar-refractivity contribution >= 4 is 29.9 Å². The second-order valence-corrected chi connectivity index (χ2v) is 6.90. The SMILES string of the molecule is CN=C(NCc1cc(C#N)ccc1F)N1CCC(c2cc(OC)cc(OC)c2)C1.I. The fourth-order valence-electron chi connectivity index (χ4n) is 3.58. The molecule has 8 heteroatoms. The molecule has 160 valence electrons. The van der Waals surface area contributed by atoms with Crippen molar-refractivity contribution in [3.05, 3.63) is 58.9 Å². The molecular formula is C22H26FIN4O2. The number of hydrogen-bond donors (Lipinski definition) is 1. The average molecular weight is 524 g/mol. The number of nitrogens with zero attached hydrogens (tertiary/aromatic N) is 3. The first-order chi connectivity index (χ1) is 14.1. The van der Waals surface area contributed by atoms with E-state index in [1.54, 1.807) is 27.3 Å². The lowest BCUT2D eigenvalue weighted by atomic mass is 9.98. The molecule has 1 aliphatic heterocycles. The molecule has 1 saturated heterocycles. The van der Waals surface area contributed by atoms with Gasteiger partial charge in [0.1, 0.15) is 17.3 Å². The van der Waals surface area contributed by atoms with Gasteiger partial charge in [0, 0.05) is 44.2 Å². The summed E-state index contributed by atoms with van der Waals surface area (Å²) in [4.78, 5) is 6.50. The van der Waals surface area contributed by atoms with Crippen molar-refractivity contribution in [2.75, 3.05) is 34.4 Å². The molecule has 1 atom stereocenters. The van der Waals surface area contributed by atoms with Gasteiger partial charge in [-0.15, -0.1) is 24.0 Å². The quantitative estimate of drug-likeness (QED) is 0.365. The molecule has 0 aliphatic carbocycles. The molecule has 1 unspecified atom stereocenters. The van der Waals surface area contributed by atoms with Gasteiger partial charge in [0.05, 0.1) is 25.9 Å². The lowest BCUT2D eigenvalue weighted by Crippen LogP contribution is -2.39. The Morgan fingerprint density at radius 2 is 1.93 bits per heavy atom. The summed E-state index contributed by atoms with van der Waals surface area (Å²) in [5, 5.41) is 12.2. The number of methoxy groups -OCH3 is 2. The minimum Gasteiger partial charge on any atom is -0.497 e. The van der Waals surface area contributed by atoms with Gasteiger partial charge in [0.25, 0.3) is 0 Å². The number of nitrogens with one attached hydrogen (secondary N) is 1. The molecule has 1 heterocycles. The van der Waals surface area contributed by atoms with Crippen LogP contribution in [0.3, 0.4) is 0 Å². The summed E-state index contributed by atoms with van der Waals surface area (Å²) in [7, 11) is 5.00. The van der Waals surface area contributed by atoms with Crippen LogP contribution in [0.15, 0.2) is 41.4 Å². The van der Waals surface area contributed by atoms with Gasteiger partial charge in [-0.05, 0) is 42.3 Å². The number of hydrogen-bond acceptors (Lipinski definition) is 4. The topological polar surface area (TPSA) is 69.9 Å². The van der Waals surface area contributed by atoms with Gasteiger partial charge in [-0.2, -0.15) is 5.26 Å². The van der Waals surface area contributed by atoms with Crippen LogP contribution in [0, 0.1) is 17.1 Å². The summed E-state index contributed by atoms with van der Waals surface area (Å²) >= 11 is 0. The Morgan fingerprint density at radius 1 is 1.23 bits per heavy atom. The van der Waals surface area contributed by atoms with Gasteiger partial charge in [-0.25, -0.2) is 4.39 Å². The van der Waals surface area contributed by atoms with Crippen molar-refractivity contribution in [1.29, 1.82) is 5.26 Å². The van der Waals surface area contributed by atoms with Crippen LogP contribution in [-0.4, -0.2) is 45.2 Å². The van der Waals surface area contributed by atoms with Gasteiger partial charge in [0.2, 0.25) is 0 Å². The predicted octanol–water partition coefficient (Wildman–Crippen LogP) is 3.90. The predicted molar refractivity (Wildman–Crippen MR) is 125 cm³/mol. The highest BCUT2D eigenvalue weighted by Crippen LogP contribution is 2.32. The largest absolute Gasteiger partial charge is 0.497 e. The number of ether oxygens (including phenoxy) is 2. The molecule has 30 heavy (non-hydrogen) atoms. The number of rotatable bonds is 5. The third kappa shape index (κ3) is 5.53. The molecule has 3 rings (SSSR count). The Bertz CT molecular complexity index is 923. The fraction of sp³-hybridized carbons (Fsp3) is 0.364. The fourth-order valence-corrected chi connectivity index (χ4v) is 3.58. The van der Waals surface area contributed by atoms with Crippen LogP contribution in [0.2, 0.25) is 0 Å². The van der Waals surface area contributed by atoms with Crippen molar-refractivity contribution < 1.29 is 13.9 Å². The van der Waals surface area contributed by atoms with Gasteiger partial charge in [0.15, 0.2) is 5.96 Å². The number of halogens is 2. The lowest BCUT2D eigenvalue weighted by molar-refractivity contribution is 0.392. The number of likely N-dealkylation sites (tertiary alicyclic amines) is 1. The van der Waals surface area contributed by atoms with Crippen molar-refractivity contribution in [2.45, 2.75) is 18.9 Å². The van der Waals surface area contributed by atoms with Crippen LogP contribution >= 0.6 is 24.0 Å². The van der Waals surface area contributed by atoms with E-state index in [0.29, 0.717) is 23.0 Å². The highest BCUT2D eigenvalue weighted by molar-refractivity contribution is 14.0. The molecular weight excluding hydrogens is 498 g/mol. The molecule has 0 spiro atoms.